The lowest BCUT2D eigenvalue weighted by Gasteiger charge is -2.34. The van der Waals surface area contributed by atoms with Gasteiger partial charge in [0.05, 0.1) is 23.2 Å². The predicted octanol–water partition coefficient (Wildman–Crippen LogP) is 1.72. The lowest BCUT2D eigenvalue weighted by Crippen LogP contribution is -2.50. The minimum Gasteiger partial charge on any atom is -0.339 e. The van der Waals surface area contributed by atoms with Crippen LogP contribution in [-0.4, -0.2) is 59.6 Å². The molecule has 0 atom stereocenters. The average molecular weight is 391 g/mol. The third-order valence-electron chi connectivity index (χ3n) is 5.42. The Kier molecular flexibility index (Phi) is 4.88. The summed E-state index contributed by atoms with van der Waals surface area (Å²) < 4.78 is 0. The summed E-state index contributed by atoms with van der Waals surface area (Å²) in [6.07, 6.45) is 0.239. The summed E-state index contributed by atoms with van der Waals surface area (Å²) in [5.41, 5.74) is 2.11. The summed E-state index contributed by atoms with van der Waals surface area (Å²) in [6, 6.07) is 13.7. The first kappa shape index (κ1) is 18.9. The monoisotopic (exact) mass is 391 g/mol. The van der Waals surface area contributed by atoms with Crippen molar-refractivity contribution in [2.45, 2.75) is 13.3 Å². The molecule has 4 amide bonds. The van der Waals surface area contributed by atoms with Crippen LogP contribution in [0.15, 0.2) is 48.5 Å². The summed E-state index contributed by atoms with van der Waals surface area (Å²) in [6.45, 7) is 3.71. The maximum absolute atomic E-state index is 12.6. The molecule has 2 aliphatic rings. The zero-order chi connectivity index (χ0) is 20.5. The van der Waals surface area contributed by atoms with Crippen LogP contribution >= 0.6 is 0 Å². The maximum Gasteiger partial charge on any atom is 0.266 e. The van der Waals surface area contributed by atoms with E-state index in [-0.39, 0.29) is 30.0 Å². The Balaban J connectivity index is 1.42. The van der Waals surface area contributed by atoms with Crippen LogP contribution in [0.1, 0.15) is 33.2 Å². The molecule has 1 saturated heterocycles. The predicted molar refractivity (Wildman–Crippen MR) is 107 cm³/mol. The number of anilines is 1. The number of carbonyl (C=O) groups excluding carboxylic acids is 4. The van der Waals surface area contributed by atoms with Gasteiger partial charge in [0, 0.05) is 33.1 Å². The third kappa shape index (κ3) is 3.51. The van der Waals surface area contributed by atoms with E-state index in [2.05, 4.69) is 0 Å². The van der Waals surface area contributed by atoms with Crippen molar-refractivity contribution in [1.82, 2.24) is 9.80 Å². The number of rotatable bonds is 3. The third-order valence-corrected chi connectivity index (χ3v) is 5.42. The van der Waals surface area contributed by atoms with Crippen molar-refractivity contribution in [3.63, 3.8) is 0 Å². The highest BCUT2D eigenvalue weighted by Gasteiger charge is 2.36. The van der Waals surface area contributed by atoms with Gasteiger partial charge in [-0.25, -0.2) is 4.90 Å². The minimum atomic E-state index is -0.335. The van der Waals surface area contributed by atoms with E-state index >= 15 is 0 Å². The van der Waals surface area contributed by atoms with E-state index in [1.54, 1.807) is 58.3 Å². The highest BCUT2D eigenvalue weighted by atomic mass is 16.2. The highest BCUT2D eigenvalue weighted by Crippen LogP contribution is 2.28. The second-order valence-corrected chi connectivity index (χ2v) is 7.22. The molecule has 7 nitrogen and oxygen atoms in total. The van der Waals surface area contributed by atoms with Crippen molar-refractivity contribution in [1.29, 1.82) is 0 Å². The smallest absolute Gasteiger partial charge is 0.266 e. The Morgan fingerprint density at radius 1 is 0.793 bits per heavy atom. The van der Waals surface area contributed by atoms with E-state index in [4.69, 9.17) is 0 Å². The molecule has 4 rings (SSSR count). The van der Waals surface area contributed by atoms with Crippen molar-refractivity contribution in [2.24, 2.45) is 0 Å². The van der Waals surface area contributed by atoms with E-state index in [9.17, 15) is 19.2 Å². The van der Waals surface area contributed by atoms with Gasteiger partial charge in [-0.1, -0.05) is 24.3 Å². The van der Waals surface area contributed by atoms with Gasteiger partial charge in [0.15, 0.2) is 0 Å². The molecule has 0 spiro atoms. The number of hydrogen-bond donors (Lipinski definition) is 0. The van der Waals surface area contributed by atoms with E-state index in [0.29, 0.717) is 43.0 Å². The van der Waals surface area contributed by atoms with Crippen molar-refractivity contribution in [3.8, 4) is 0 Å². The molecule has 0 bridgehead atoms. The number of amides is 4. The standard InChI is InChI=1S/C22H21N3O4/c1-15(26)23-10-12-24(13-11-23)20(27)14-16-6-8-17(9-7-16)25-21(28)18-4-2-3-5-19(18)22(25)29/h2-9H,10-14H2,1H3. The van der Waals surface area contributed by atoms with Gasteiger partial charge in [-0.2, -0.15) is 0 Å². The Morgan fingerprint density at radius 3 is 1.83 bits per heavy atom. The molecular formula is C22H21N3O4. The number of imide groups is 1. The van der Waals surface area contributed by atoms with Crippen molar-refractivity contribution < 1.29 is 19.2 Å². The van der Waals surface area contributed by atoms with Crippen LogP contribution in [0.25, 0.3) is 0 Å². The van der Waals surface area contributed by atoms with Gasteiger partial charge >= 0.3 is 0 Å². The van der Waals surface area contributed by atoms with Gasteiger partial charge in [-0.15, -0.1) is 0 Å². The van der Waals surface area contributed by atoms with Crippen LogP contribution in [-0.2, 0) is 16.0 Å². The summed E-state index contributed by atoms with van der Waals surface area (Å²) in [5.74, 6) is -0.641. The number of nitrogens with zero attached hydrogens (tertiary/aromatic N) is 3. The van der Waals surface area contributed by atoms with Crippen LogP contribution in [0.3, 0.4) is 0 Å². The lowest BCUT2D eigenvalue weighted by molar-refractivity contribution is -0.138. The fraction of sp³-hybridized carbons (Fsp3) is 0.273. The van der Waals surface area contributed by atoms with Crippen molar-refractivity contribution >= 4 is 29.3 Å². The van der Waals surface area contributed by atoms with Gasteiger partial charge in [0.1, 0.15) is 0 Å². The van der Waals surface area contributed by atoms with Gasteiger partial charge in [0.25, 0.3) is 11.8 Å². The van der Waals surface area contributed by atoms with E-state index in [1.807, 2.05) is 0 Å². The number of piperazine rings is 1. The molecule has 7 heteroatoms. The van der Waals surface area contributed by atoms with Gasteiger partial charge < -0.3 is 9.80 Å². The Morgan fingerprint density at radius 2 is 1.31 bits per heavy atom. The van der Waals surface area contributed by atoms with Crippen molar-refractivity contribution in [3.05, 3.63) is 65.2 Å². The lowest BCUT2D eigenvalue weighted by atomic mass is 10.1. The molecule has 29 heavy (non-hydrogen) atoms. The number of benzene rings is 2. The first-order chi connectivity index (χ1) is 14.0. The molecule has 148 valence electrons. The molecule has 2 heterocycles. The molecular weight excluding hydrogens is 370 g/mol. The van der Waals surface area contributed by atoms with E-state index in [1.165, 1.54) is 6.92 Å². The van der Waals surface area contributed by atoms with Crippen LogP contribution < -0.4 is 4.90 Å². The number of hydrogen-bond acceptors (Lipinski definition) is 4. The largest absolute Gasteiger partial charge is 0.339 e. The first-order valence-electron chi connectivity index (χ1n) is 9.56. The number of fused-ring (bicyclic) bond motifs is 1. The zero-order valence-electron chi connectivity index (χ0n) is 16.1. The summed E-state index contributed by atoms with van der Waals surface area (Å²) in [4.78, 5) is 53.7. The SMILES string of the molecule is CC(=O)N1CCN(C(=O)Cc2ccc(N3C(=O)c4ccccc4C3=O)cc2)CC1. The molecule has 1 fully saturated rings. The normalized spacial score (nSPS) is 16.2. The second-order valence-electron chi connectivity index (χ2n) is 7.22. The zero-order valence-corrected chi connectivity index (χ0v) is 16.1. The molecule has 0 aliphatic carbocycles. The summed E-state index contributed by atoms with van der Waals surface area (Å²) in [7, 11) is 0. The van der Waals surface area contributed by atoms with Gasteiger partial charge in [0.2, 0.25) is 11.8 Å². The van der Waals surface area contributed by atoms with E-state index < -0.39 is 0 Å². The fourth-order valence-electron chi connectivity index (χ4n) is 3.74. The maximum atomic E-state index is 12.6. The Hall–Kier alpha value is -3.48. The topological polar surface area (TPSA) is 78.0 Å². The van der Waals surface area contributed by atoms with Gasteiger partial charge in [-0.3, -0.25) is 19.2 Å². The quantitative estimate of drug-likeness (QED) is 0.747. The van der Waals surface area contributed by atoms with E-state index in [0.717, 1.165) is 10.5 Å². The molecule has 0 unspecified atom stereocenters. The second kappa shape index (κ2) is 7.50. The highest BCUT2D eigenvalue weighted by molar-refractivity contribution is 6.34. The van der Waals surface area contributed by atoms with Crippen LogP contribution in [0.4, 0.5) is 5.69 Å². The van der Waals surface area contributed by atoms with Gasteiger partial charge in [-0.05, 0) is 29.8 Å². The minimum absolute atomic E-state index is 0.00156. The van der Waals surface area contributed by atoms with Crippen LogP contribution in [0.2, 0.25) is 0 Å². The molecule has 0 radical (unpaired) electrons. The molecule has 2 aliphatic heterocycles. The molecule has 0 saturated carbocycles. The first-order valence-corrected chi connectivity index (χ1v) is 9.56. The summed E-state index contributed by atoms with van der Waals surface area (Å²) >= 11 is 0. The number of carbonyl (C=O) groups is 4. The summed E-state index contributed by atoms with van der Waals surface area (Å²) in [5, 5.41) is 0. The fourth-order valence-corrected chi connectivity index (χ4v) is 3.74. The van der Waals surface area contributed by atoms with Crippen LogP contribution in [0.5, 0.6) is 0 Å². The Labute approximate surface area is 168 Å². The average Bonchev–Trinajstić information content (AvgIpc) is 2.99. The van der Waals surface area contributed by atoms with Crippen LogP contribution in [0, 0.1) is 0 Å². The van der Waals surface area contributed by atoms with Crippen molar-refractivity contribution in [2.75, 3.05) is 31.1 Å². The molecule has 0 N–H and O–H groups in total. The molecule has 2 aromatic carbocycles. The Bertz CT molecular complexity index is 956. The molecule has 0 aromatic heterocycles. The molecule has 2 aromatic rings.